The monoisotopic (exact) mass is 275 g/mol. The molecule has 3 heterocycles. The van der Waals surface area contributed by atoms with E-state index >= 15 is 0 Å². The first-order valence-corrected chi connectivity index (χ1v) is 7.89. The van der Waals surface area contributed by atoms with Gasteiger partial charge in [-0.15, -0.1) is 0 Å². The number of hydrogen-bond donors (Lipinski definition) is 1. The molecule has 0 saturated carbocycles. The Morgan fingerprint density at radius 3 is 2.50 bits per heavy atom. The Bertz CT molecular complexity index is 466. The van der Waals surface area contributed by atoms with Crippen LogP contribution in [0.4, 0.5) is 0 Å². The summed E-state index contributed by atoms with van der Waals surface area (Å²) in [6, 6.07) is 0. The zero-order valence-corrected chi connectivity index (χ0v) is 12.8. The van der Waals surface area contributed by atoms with Crippen molar-refractivity contribution in [2.75, 3.05) is 6.54 Å². The molecule has 0 aliphatic carbocycles. The van der Waals surface area contributed by atoms with Gasteiger partial charge in [-0.3, -0.25) is 0 Å². The molecule has 20 heavy (non-hydrogen) atoms. The molecule has 2 fully saturated rings. The highest BCUT2D eigenvalue weighted by molar-refractivity contribution is 5.26. The van der Waals surface area contributed by atoms with Gasteiger partial charge < -0.3 is 10.1 Å². The molecule has 1 aromatic heterocycles. The summed E-state index contributed by atoms with van der Waals surface area (Å²) in [5, 5.41) is 3.44. The van der Waals surface area contributed by atoms with Crippen LogP contribution in [-0.2, 0) is 11.3 Å². The van der Waals surface area contributed by atoms with Gasteiger partial charge in [0.1, 0.15) is 5.82 Å². The maximum atomic E-state index is 5.94. The van der Waals surface area contributed by atoms with Gasteiger partial charge in [0, 0.05) is 29.4 Å². The molecule has 0 aromatic carbocycles. The Morgan fingerprint density at radius 1 is 1.20 bits per heavy atom. The number of nitrogens with one attached hydrogen (secondary N) is 1. The van der Waals surface area contributed by atoms with Crippen LogP contribution in [0.25, 0.3) is 0 Å². The van der Waals surface area contributed by atoms with Gasteiger partial charge in [0.15, 0.2) is 0 Å². The van der Waals surface area contributed by atoms with E-state index in [0.717, 1.165) is 43.1 Å². The van der Waals surface area contributed by atoms with Crippen molar-refractivity contribution >= 4 is 0 Å². The van der Waals surface area contributed by atoms with E-state index in [1.807, 2.05) is 0 Å². The molecular weight excluding hydrogens is 250 g/mol. The maximum absolute atomic E-state index is 5.94. The number of hydrogen-bond acceptors (Lipinski definition) is 4. The van der Waals surface area contributed by atoms with Crippen molar-refractivity contribution in [2.45, 2.75) is 71.1 Å². The first-order valence-electron chi connectivity index (χ1n) is 7.89. The number of nitrogens with zero attached hydrogens (tertiary/aromatic N) is 2. The van der Waals surface area contributed by atoms with Gasteiger partial charge in [0.25, 0.3) is 0 Å². The molecule has 3 unspecified atom stereocenters. The highest BCUT2D eigenvalue weighted by atomic mass is 16.5. The van der Waals surface area contributed by atoms with Gasteiger partial charge in [0.05, 0.1) is 12.2 Å². The summed E-state index contributed by atoms with van der Waals surface area (Å²) in [6.45, 7) is 8.31. The first kappa shape index (κ1) is 14.0. The van der Waals surface area contributed by atoms with Crippen LogP contribution < -0.4 is 5.32 Å². The second kappa shape index (κ2) is 5.78. The molecule has 4 nitrogen and oxygen atoms in total. The summed E-state index contributed by atoms with van der Waals surface area (Å²) in [7, 11) is 0. The lowest BCUT2D eigenvalue weighted by Crippen LogP contribution is -2.21. The van der Waals surface area contributed by atoms with E-state index < -0.39 is 0 Å². The van der Waals surface area contributed by atoms with E-state index in [0.29, 0.717) is 18.1 Å². The fourth-order valence-corrected chi connectivity index (χ4v) is 3.49. The summed E-state index contributed by atoms with van der Waals surface area (Å²) in [5.74, 6) is 1.43. The smallest absolute Gasteiger partial charge is 0.134 e. The molecular formula is C16H25N3O. The Morgan fingerprint density at radius 2 is 1.95 bits per heavy atom. The number of aryl methyl sites for hydroxylation is 2. The normalized spacial score (nSPS) is 28.2. The van der Waals surface area contributed by atoms with Crippen molar-refractivity contribution in [3.05, 3.63) is 22.8 Å². The lowest BCUT2D eigenvalue weighted by molar-refractivity contribution is 0.0998. The SMILES string of the molecule is CCCNCc1c(C)nc(C2CC3CCC2O3)nc1C. The van der Waals surface area contributed by atoms with Crippen molar-refractivity contribution < 1.29 is 4.74 Å². The third kappa shape index (κ3) is 2.59. The number of fused-ring (bicyclic) bond motifs is 2. The van der Waals surface area contributed by atoms with Crippen LogP contribution in [0.3, 0.4) is 0 Å². The highest BCUT2D eigenvalue weighted by Crippen LogP contribution is 2.43. The molecule has 3 rings (SSSR count). The summed E-state index contributed by atoms with van der Waals surface area (Å²) in [4.78, 5) is 9.56. The van der Waals surface area contributed by atoms with E-state index in [1.165, 1.54) is 18.4 Å². The summed E-state index contributed by atoms with van der Waals surface area (Å²) in [5.41, 5.74) is 3.50. The third-order valence-electron chi connectivity index (χ3n) is 4.60. The molecule has 2 aliphatic rings. The predicted octanol–water partition coefficient (Wildman–Crippen LogP) is 2.63. The van der Waals surface area contributed by atoms with E-state index in [2.05, 4.69) is 26.1 Å². The van der Waals surface area contributed by atoms with E-state index in [-0.39, 0.29) is 0 Å². The van der Waals surface area contributed by atoms with Gasteiger partial charge >= 0.3 is 0 Å². The van der Waals surface area contributed by atoms with Crippen molar-refractivity contribution in [1.82, 2.24) is 15.3 Å². The summed E-state index contributed by atoms with van der Waals surface area (Å²) in [6.07, 6.45) is 5.48. The second-order valence-electron chi connectivity index (χ2n) is 6.12. The summed E-state index contributed by atoms with van der Waals surface area (Å²) < 4.78 is 5.94. The van der Waals surface area contributed by atoms with Crippen LogP contribution in [0, 0.1) is 13.8 Å². The van der Waals surface area contributed by atoms with Gasteiger partial charge in [-0.25, -0.2) is 9.97 Å². The zero-order chi connectivity index (χ0) is 14.1. The van der Waals surface area contributed by atoms with Gasteiger partial charge in [-0.2, -0.15) is 0 Å². The van der Waals surface area contributed by atoms with Gasteiger partial charge in [0.2, 0.25) is 0 Å². The molecule has 0 spiro atoms. The molecule has 0 radical (unpaired) electrons. The standard InChI is InChI=1S/C16H25N3O/c1-4-7-17-9-14-10(2)18-16(19-11(14)3)13-8-12-5-6-15(13)20-12/h12-13,15,17H,4-9H2,1-3H3. The van der Waals surface area contributed by atoms with Crippen molar-refractivity contribution in [3.8, 4) is 0 Å². The van der Waals surface area contributed by atoms with E-state index in [1.54, 1.807) is 0 Å². The molecule has 110 valence electrons. The predicted molar refractivity (Wildman–Crippen MR) is 78.8 cm³/mol. The Kier molecular flexibility index (Phi) is 4.03. The number of aromatic nitrogens is 2. The minimum Gasteiger partial charge on any atom is -0.374 e. The first-order chi connectivity index (χ1) is 9.69. The van der Waals surface area contributed by atoms with Crippen LogP contribution in [0.2, 0.25) is 0 Å². The van der Waals surface area contributed by atoms with E-state index in [4.69, 9.17) is 14.7 Å². The zero-order valence-electron chi connectivity index (χ0n) is 12.8. The lowest BCUT2D eigenvalue weighted by atomic mass is 9.88. The minimum absolute atomic E-state index is 0.364. The Hall–Kier alpha value is -1.00. The average molecular weight is 275 g/mol. The molecule has 4 heteroatoms. The van der Waals surface area contributed by atoms with Gasteiger partial charge in [-0.1, -0.05) is 6.92 Å². The molecule has 2 saturated heterocycles. The summed E-state index contributed by atoms with van der Waals surface area (Å²) >= 11 is 0. The highest BCUT2D eigenvalue weighted by Gasteiger charge is 2.43. The van der Waals surface area contributed by atoms with E-state index in [9.17, 15) is 0 Å². The molecule has 3 atom stereocenters. The Balaban J connectivity index is 1.77. The minimum atomic E-state index is 0.364. The van der Waals surface area contributed by atoms with Gasteiger partial charge in [-0.05, 0) is 46.1 Å². The van der Waals surface area contributed by atoms with Crippen LogP contribution in [0.5, 0.6) is 0 Å². The largest absolute Gasteiger partial charge is 0.374 e. The maximum Gasteiger partial charge on any atom is 0.134 e. The topological polar surface area (TPSA) is 47.0 Å². The van der Waals surface area contributed by atoms with Crippen molar-refractivity contribution in [2.24, 2.45) is 0 Å². The Labute approximate surface area is 121 Å². The molecule has 1 aromatic rings. The van der Waals surface area contributed by atoms with Crippen LogP contribution in [0.1, 0.15) is 61.3 Å². The number of ether oxygens (including phenoxy) is 1. The van der Waals surface area contributed by atoms with Crippen LogP contribution in [0.15, 0.2) is 0 Å². The second-order valence-corrected chi connectivity index (χ2v) is 6.12. The average Bonchev–Trinajstić information content (AvgIpc) is 3.04. The lowest BCUT2D eigenvalue weighted by Gasteiger charge is -2.19. The molecule has 2 bridgehead atoms. The fraction of sp³-hybridized carbons (Fsp3) is 0.750. The molecule has 0 amide bonds. The molecule has 1 N–H and O–H groups in total. The van der Waals surface area contributed by atoms with Crippen LogP contribution in [-0.4, -0.2) is 28.7 Å². The molecule has 2 aliphatic heterocycles. The third-order valence-corrected chi connectivity index (χ3v) is 4.60. The van der Waals surface area contributed by atoms with Crippen molar-refractivity contribution in [1.29, 1.82) is 0 Å². The fourth-order valence-electron chi connectivity index (χ4n) is 3.49. The quantitative estimate of drug-likeness (QED) is 0.839. The van der Waals surface area contributed by atoms with Crippen molar-refractivity contribution in [3.63, 3.8) is 0 Å². The number of rotatable bonds is 5. The van der Waals surface area contributed by atoms with Crippen LogP contribution >= 0.6 is 0 Å².